The summed E-state index contributed by atoms with van der Waals surface area (Å²) in [6, 6.07) is 0.597. The number of ether oxygens (including phenoxy) is 1. The van der Waals surface area contributed by atoms with Gasteiger partial charge < -0.3 is 20.7 Å². The number of rotatable bonds is 16. The molecule has 3 N–H and O–H groups in total. The molecule has 4 nitrogen and oxygen atoms in total. The maximum atomic E-state index is 6.61. The minimum atomic E-state index is 0.271. The van der Waals surface area contributed by atoms with Crippen molar-refractivity contribution in [1.82, 2.24) is 16.0 Å². The Bertz CT molecular complexity index is 1150. The second-order valence-corrected chi connectivity index (χ2v) is 16.4. The fourth-order valence-corrected chi connectivity index (χ4v) is 8.96. The van der Waals surface area contributed by atoms with Crippen LogP contribution in [0, 0.1) is 41.4 Å². The molecule has 2 saturated heterocycles. The Labute approximate surface area is 297 Å². The lowest BCUT2D eigenvalue weighted by Gasteiger charge is -2.41. The van der Waals surface area contributed by atoms with E-state index in [0.717, 1.165) is 43.9 Å². The van der Waals surface area contributed by atoms with Gasteiger partial charge in [0.25, 0.3) is 0 Å². The van der Waals surface area contributed by atoms with Gasteiger partial charge in [-0.1, -0.05) is 89.8 Å². The van der Waals surface area contributed by atoms with Gasteiger partial charge in [-0.2, -0.15) is 0 Å². The molecule has 0 saturated carbocycles. The molecule has 4 aliphatic heterocycles. The summed E-state index contributed by atoms with van der Waals surface area (Å²) >= 11 is 0. The van der Waals surface area contributed by atoms with Crippen molar-refractivity contribution in [2.45, 2.75) is 152 Å². The van der Waals surface area contributed by atoms with Crippen molar-refractivity contribution in [1.29, 1.82) is 0 Å². The van der Waals surface area contributed by atoms with Crippen molar-refractivity contribution in [2.24, 2.45) is 41.4 Å². The first-order valence-corrected chi connectivity index (χ1v) is 20.5. The Balaban J connectivity index is 1.56. The Morgan fingerprint density at radius 1 is 1.02 bits per heavy atom. The Kier molecular flexibility index (Phi) is 15.9. The molecule has 0 amide bonds. The van der Waals surface area contributed by atoms with Crippen molar-refractivity contribution in [3.8, 4) is 0 Å². The highest BCUT2D eigenvalue weighted by Crippen LogP contribution is 2.39. The van der Waals surface area contributed by atoms with Crippen LogP contribution in [0.2, 0.25) is 0 Å². The molecule has 4 heteroatoms. The summed E-state index contributed by atoms with van der Waals surface area (Å²) in [6.45, 7) is 26.1. The van der Waals surface area contributed by atoms with Gasteiger partial charge in [0.05, 0.1) is 0 Å². The summed E-state index contributed by atoms with van der Waals surface area (Å²) in [5, 5.41) is 11.5. The molecule has 0 bridgehead atoms. The van der Waals surface area contributed by atoms with E-state index in [1.807, 2.05) is 0 Å². The van der Waals surface area contributed by atoms with Crippen LogP contribution < -0.4 is 16.0 Å². The Hall–Kier alpha value is -1.78. The second kappa shape index (κ2) is 19.6. The van der Waals surface area contributed by atoms with Gasteiger partial charge in [0, 0.05) is 30.1 Å². The van der Waals surface area contributed by atoms with E-state index in [2.05, 4.69) is 103 Å². The van der Waals surface area contributed by atoms with Gasteiger partial charge in [-0.05, 0) is 145 Å². The zero-order valence-electron chi connectivity index (χ0n) is 32.7. The second-order valence-electron chi connectivity index (χ2n) is 16.4. The van der Waals surface area contributed by atoms with Crippen LogP contribution in [-0.4, -0.2) is 38.3 Å². The molecule has 0 aromatic carbocycles. The van der Waals surface area contributed by atoms with Crippen LogP contribution in [0.4, 0.5) is 0 Å². The summed E-state index contributed by atoms with van der Waals surface area (Å²) in [6.07, 6.45) is 24.9. The molecule has 5 unspecified atom stereocenters. The van der Waals surface area contributed by atoms with Crippen LogP contribution in [0.1, 0.15) is 139 Å². The Morgan fingerprint density at radius 2 is 1.77 bits per heavy atom. The van der Waals surface area contributed by atoms with Crippen molar-refractivity contribution in [2.75, 3.05) is 26.2 Å². The van der Waals surface area contributed by atoms with E-state index in [0.29, 0.717) is 41.5 Å². The van der Waals surface area contributed by atoms with E-state index in [1.165, 1.54) is 76.6 Å². The van der Waals surface area contributed by atoms with Gasteiger partial charge in [0.2, 0.25) is 0 Å². The van der Waals surface area contributed by atoms with Crippen LogP contribution in [0.15, 0.2) is 58.1 Å². The lowest BCUT2D eigenvalue weighted by atomic mass is 9.75. The largest absolute Gasteiger partial charge is 0.490 e. The van der Waals surface area contributed by atoms with E-state index in [-0.39, 0.29) is 6.10 Å². The van der Waals surface area contributed by atoms with Crippen molar-refractivity contribution >= 4 is 0 Å². The minimum Gasteiger partial charge on any atom is -0.490 e. The van der Waals surface area contributed by atoms with E-state index < -0.39 is 0 Å². The van der Waals surface area contributed by atoms with Gasteiger partial charge >= 0.3 is 0 Å². The van der Waals surface area contributed by atoms with E-state index in [1.54, 1.807) is 22.4 Å². The quantitative estimate of drug-likeness (QED) is 0.144. The molecular formula is C44H75N3O. The average molecular weight is 662 g/mol. The Morgan fingerprint density at radius 3 is 2.42 bits per heavy atom. The number of hydrogen-bond acceptors (Lipinski definition) is 4. The van der Waals surface area contributed by atoms with Gasteiger partial charge in [-0.25, -0.2) is 0 Å². The van der Waals surface area contributed by atoms with Crippen LogP contribution >= 0.6 is 0 Å². The third-order valence-corrected chi connectivity index (χ3v) is 12.7. The predicted octanol–water partition coefficient (Wildman–Crippen LogP) is 10.7. The highest BCUT2D eigenvalue weighted by molar-refractivity contribution is 5.28. The molecule has 8 atom stereocenters. The highest BCUT2D eigenvalue weighted by Gasteiger charge is 2.34. The van der Waals surface area contributed by atoms with Gasteiger partial charge in [-0.15, -0.1) is 0 Å². The number of hydrogen-bond donors (Lipinski definition) is 3. The number of nitrogens with one attached hydrogen (secondary N) is 3. The normalized spacial score (nSPS) is 30.6. The molecule has 4 aliphatic rings. The molecule has 0 spiro atoms. The average Bonchev–Trinajstić information content (AvgIpc) is 3.38. The molecule has 4 heterocycles. The molecule has 0 radical (unpaired) electrons. The lowest BCUT2D eigenvalue weighted by Crippen LogP contribution is -2.49. The van der Waals surface area contributed by atoms with Gasteiger partial charge in [0.15, 0.2) is 0 Å². The zero-order valence-corrected chi connectivity index (χ0v) is 32.7. The number of allylic oxidation sites excluding steroid dienone is 7. The first-order chi connectivity index (χ1) is 23.1. The summed E-state index contributed by atoms with van der Waals surface area (Å²) in [7, 11) is 0. The fourth-order valence-electron chi connectivity index (χ4n) is 8.96. The summed E-state index contributed by atoms with van der Waals surface area (Å²) < 4.78 is 6.61. The van der Waals surface area contributed by atoms with Gasteiger partial charge in [0.1, 0.15) is 11.9 Å². The highest BCUT2D eigenvalue weighted by atomic mass is 16.5. The monoisotopic (exact) mass is 662 g/mol. The van der Waals surface area contributed by atoms with Crippen molar-refractivity contribution in [3.05, 3.63) is 58.1 Å². The first kappa shape index (κ1) is 39.0. The number of unbranched alkanes of at least 4 members (excludes halogenated alkanes) is 1. The third-order valence-electron chi connectivity index (χ3n) is 12.7. The summed E-state index contributed by atoms with van der Waals surface area (Å²) in [5.74, 6) is 5.32. The third kappa shape index (κ3) is 10.6. The molecule has 272 valence electrons. The molecule has 48 heavy (non-hydrogen) atoms. The van der Waals surface area contributed by atoms with Crippen LogP contribution in [-0.2, 0) is 4.74 Å². The van der Waals surface area contributed by atoms with Crippen LogP contribution in [0.3, 0.4) is 0 Å². The minimum absolute atomic E-state index is 0.271. The lowest BCUT2D eigenvalue weighted by molar-refractivity contribution is 0.116. The molecule has 4 rings (SSSR count). The van der Waals surface area contributed by atoms with Crippen molar-refractivity contribution < 1.29 is 4.74 Å². The van der Waals surface area contributed by atoms with Crippen LogP contribution in [0.5, 0.6) is 0 Å². The standard InChI is InChI=1S/C44H75N3O/c1-10-12-18-40(30(3)4)33(7)32(6)36(22-23-44-35(9)34(8)43(48-44)19-13-11-2)21-20-31(5)39-26-41(37-16-14-24-45-28-37)47-42(27-39)38-17-15-25-46-29-38/h13,19,21,26,30-32,35,37-39,42,44-47H,10-12,14-18,20,22-25,27-29H2,1-9H3/b19-13-,36-21-,40-33-/t31-,32?,35?,37?,38+,39-,42?,44?/m0/s1. The van der Waals surface area contributed by atoms with Crippen molar-refractivity contribution in [3.63, 3.8) is 0 Å². The molecule has 2 fully saturated rings. The molecular weight excluding hydrogens is 587 g/mol. The summed E-state index contributed by atoms with van der Waals surface area (Å²) in [5.41, 5.74) is 7.92. The van der Waals surface area contributed by atoms with Crippen LogP contribution in [0.25, 0.3) is 0 Å². The summed E-state index contributed by atoms with van der Waals surface area (Å²) in [4.78, 5) is 0. The van der Waals surface area contributed by atoms with E-state index in [9.17, 15) is 0 Å². The SMILES string of the molecule is CC/C=C\C1=C(C)C(C)C(CC/C(=C/C[C@H](C)[C@H]2C=C(C3CCCNC3)NC([C@@H]3CCCNC3)C2)C(C)/C(C)=C(/CCCC)C(C)C)O1. The molecule has 0 aromatic heterocycles. The zero-order chi connectivity index (χ0) is 34.6. The smallest absolute Gasteiger partial charge is 0.118 e. The molecule has 0 aliphatic carbocycles. The predicted molar refractivity (Wildman–Crippen MR) is 208 cm³/mol. The number of piperidine rings is 2. The maximum Gasteiger partial charge on any atom is 0.118 e. The maximum absolute atomic E-state index is 6.61. The van der Waals surface area contributed by atoms with Gasteiger partial charge in [-0.3, -0.25) is 0 Å². The molecule has 0 aromatic rings. The van der Waals surface area contributed by atoms with E-state index >= 15 is 0 Å². The topological polar surface area (TPSA) is 45.3 Å². The van der Waals surface area contributed by atoms with E-state index in [4.69, 9.17) is 4.74 Å². The fraction of sp³-hybridized carbons (Fsp3) is 0.773. The first-order valence-electron chi connectivity index (χ1n) is 20.5.